The summed E-state index contributed by atoms with van der Waals surface area (Å²) in [4.78, 5) is 4.44. The Kier molecular flexibility index (Phi) is 3.00. The Hall–Kier alpha value is -2.54. The van der Waals surface area contributed by atoms with E-state index in [1.165, 1.54) is 11.8 Å². The Morgan fingerprint density at radius 3 is 2.77 bits per heavy atom. The fraction of sp³-hybridized carbons (Fsp3) is 0.133. The number of hydrogen-bond acceptors (Lipinski definition) is 6. The summed E-state index contributed by atoms with van der Waals surface area (Å²) >= 11 is 1.34. The maximum Gasteiger partial charge on any atom is 0.264 e. The summed E-state index contributed by atoms with van der Waals surface area (Å²) in [6, 6.07) is 9.54. The SMILES string of the molecule is Cc1occc1-c1nnc(Sc2nc3ccccc3o2)n1C. The number of furan rings is 1. The van der Waals surface area contributed by atoms with Crippen LogP contribution in [0.25, 0.3) is 22.5 Å². The number of oxazole rings is 1. The molecule has 3 heterocycles. The Labute approximate surface area is 130 Å². The summed E-state index contributed by atoms with van der Waals surface area (Å²) in [5, 5.41) is 9.70. The maximum atomic E-state index is 5.70. The molecule has 0 unspecified atom stereocenters. The fourth-order valence-electron chi connectivity index (χ4n) is 2.23. The highest BCUT2D eigenvalue weighted by atomic mass is 32.2. The number of nitrogens with zero attached hydrogens (tertiary/aromatic N) is 4. The summed E-state index contributed by atoms with van der Waals surface area (Å²) < 4.78 is 12.9. The zero-order valence-electron chi connectivity index (χ0n) is 12.0. The average Bonchev–Trinajstić information content (AvgIpc) is 3.19. The standard InChI is InChI=1S/C15H12N4O2S/c1-9-10(7-8-20-9)13-17-18-14(19(13)2)22-15-16-11-5-3-4-6-12(11)21-15/h3-8H,1-2H3. The van der Waals surface area contributed by atoms with Crippen molar-refractivity contribution in [1.82, 2.24) is 19.7 Å². The van der Waals surface area contributed by atoms with E-state index in [-0.39, 0.29) is 0 Å². The van der Waals surface area contributed by atoms with Gasteiger partial charge >= 0.3 is 0 Å². The van der Waals surface area contributed by atoms with Crippen molar-refractivity contribution in [2.75, 3.05) is 0 Å². The van der Waals surface area contributed by atoms with Crippen LogP contribution in [-0.2, 0) is 7.05 Å². The predicted octanol–water partition coefficient (Wildman–Crippen LogP) is 3.68. The van der Waals surface area contributed by atoms with E-state index in [4.69, 9.17) is 8.83 Å². The van der Waals surface area contributed by atoms with Crippen LogP contribution in [-0.4, -0.2) is 19.7 Å². The van der Waals surface area contributed by atoms with Gasteiger partial charge in [0.15, 0.2) is 11.4 Å². The molecule has 3 aromatic heterocycles. The van der Waals surface area contributed by atoms with Crippen LogP contribution >= 0.6 is 11.8 Å². The molecule has 0 N–H and O–H groups in total. The number of aromatic nitrogens is 4. The van der Waals surface area contributed by atoms with Gasteiger partial charge in [0.1, 0.15) is 11.3 Å². The number of benzene rings is 1. The molecule has 0 saturated heterocycles. The third-order valence-corrected chi connectivity index (χ3v) is 4.27. The number of rotatable bonds is 3. The Balaban J connectivity index is 1.69. The molecule has 1 aromatic carbocycles. The molecule has 0 atom stereocenters. The Morgan fingerprint density at radius 2 is 2.00 bits per heavy atom. The van der Waals surface area contributed by atoms with Crippen LogP contribution < -0.4 is 0 Å². The topological polar surface area (TPSA) is 69.9 Å². The fourth-order valence-corrected chi connectivity index (χ4v) is 2.96. The highest BCUT2D eigenvalue weighted by molar-refractivity contribution is 7.99. The first-order valence-corrected chi connectivity index (χ1v) is 7.51. The average molecular weight is 312 g/mol. The van der Waals surface area contributed by atoms with Gasteiger partial charge in [-0.3, -0.25) is 0 Å². The maximum absolute atomic E-state index is 5.70. The molecular formula is C15H12N4O2S. The van der Waals surface area contributed by atoms with Crippen molar-refractivity contribution in [1.29, 1.82) is 0 Å². The molecule has 0 spiro atoms. The lowest BCUT2D eigenvalue weighted by molar-refractivity contribution is 0.488. The van der Waals surface area contributed by atoms with Crippen LogP contribution in [0.5, 0.6) is 0 Å². The van der Waals surface area contributed by atoms with Crippen molar-refractivity contribution in [3.8, 4) is 11.4 Å². The van der Waals surface area contributed by atoms with Crippen LogP contribution in [0.4, 0.5) is 0 Å². The molecule has 0 aliphatic heterocycles. The molecule has 0 radical (unpaired) electrons. The van der Waals surface area contributed by atoms with Gasteiger partial charge in [0.05, 0.1) is 11.8 Å². The molecule has 4 aromatic rings. The first-order valence-electron chi connectivity index (χ1n) is 6.69. The van der Waals surface area contributed by atoms with Crippen molar-refractivity contribution < 1.29 is 8.83 Å². The second kappa shape index (κ2) is 5.03. The molecule has 0 aliphatic carbocycles. The largest absolute Gasteiger partial charge is 0.469 e. The van der Waals surface area contributed by atoms with E-state index in [1.54, 1.807) is 6.26 Å². The van der Waals surface area contributed by atoms with Gasteiger partial charge in [-0.1, -0.05) is 12.1 Å². The molecule has 0 amide bonds. The second-order valence-electron chi connectivity index (χ2n) is 4.81. The highest BCUT2D eigenvalue weighted by Crippen LogP contribution is 2.31. The van der Waals surface area contributed by atoms with Gasteiger partial charge in [-0.15, -0.1) is 10.2 Å². The zero-order valence-corrected chi connectivity index (χ0v) is 12.8. The number of hydrogen-bond donors (Lipinski definition) is 0. The van der Waals surface area contributed by atoms with Crippen molar-refractivity contribution in [2.24, 2.45) is 7.05 Å². The van der Waals surface area contributed by atoms with E-state index >= 15 is 0 Å². The molecule has 0 aliphatic rings. The van der Waals surface area contributed by atoms with Crippen LogP contribution in [0.3, 0.4) is 0 Å². The van der Waals surface area contributed by atoms with Crippen LogP contribution in [0.1, 0.15) is 5.76 Å². The Morgan fingerprint density at radius 1 is 1.14 bits per heavy atom. The first-order chi connectivity index (χ1) is 10.7. The van der Waals surface area contributed by atoms with Gasteiger partial charge in [-0.2, -0.15) is 0 Å². The normalized spacial score (nSPS) is 11.4. The Bertz CT molecular complexity index is 920. The minimum absolute atomic E-state index is 0.548. The van der Waals surface area contributed by atoms with Gasteiger partial charge in [-0.25, -0.2) is 4.98 Å². The highest BCUT2D eigenvalue weighted by Gasteiger charge is 2.17. The summed E-state index contributed by atoms with van der Waals surface area (Å²) in [6.45, 7) is 1.90. The van der Waals surface area contributed by atoms with Gasteiger partial charge in [-0.05, 0) is 25.1 Å². The summed E-state index contributed by atoms with van der Waals surface area (Å²) in [7, 11) is 1.91. The van der Waals surface area contributed by atoms with E-state index in [0.29, 0.717) is 10.4 Å². The molecule has 110 valence electrons. The quantitative estimate of drug-likeness (QED) is 0.575. The predicted molar refractivity (Wildman–Crippen MR) is 81.6 cm³/mol. The van der Waals surface area contributed by atoms with Crippen LogP contribution in [0.15, 0.2) is 55.8 Å². The van der Waals surface area contributed by atoms with E-state index < -0.39 is 0 Å². The first kappa shape index (κ1) is 13.1. The van der Waals surface area contributed by atoms with E-state index in [9.17, 15) is 0 Å². The van der Waals surface area contributed by atoms with Crippen molar-refractivity contribution >= 4 is 22.9 Å². The molecule has 0 fully saturated rings. The smallest absolute Gasteiger partial charge is 0.264 e. The van der Waals surface area contributed by atoms with Crippen molar-refractivity contribution in [3.63, 3.8) is 0 Å². The van der Waals surface area contributed by atoms with E-state index in [2.05, 4.69) is 15.2 Å². The third kappa shape index (κ3) is 2.10. The lowest BCUT2D eigenvalue weighted by atomic mass is 10.2. The number of fused-ring (bicyclic) bond motifs is 1. The molecule has 0 saturated carbocycles. The molecule has 6 nitrogen and oxygen atoms in total. The molecule has 0 bridgehead atoms. The van der Waals surface area contributed by atoms with Crippen LogP contribution in [0.2, 0.25) is 0 Å². The molecular weight excluding hydrogens is 300 g/mol. The van der Waals surface area contributed by atoms with E-state index in [0.717, 1.165) is 28.2 Å². The third-order valence-electron chi connectivity index (χ3n) is 3.39. The minimum Gasteiger partial charge on any atom is -0.469 e. The van der Waals surface area contributed by atoms with Crippen LogP contribution in [0, 0.1) is 6.92 Å². The van der Waals surface area contributed by atoms with Gasteiger partial charge in [0.25, 0.3) is 5.22 Å². The minimum atomic E-state index is 0.548. The monoisotopic (exact) mass is 312 g/mol. The lowest BCUT2D eigenvalue weighted by Gasteiger charge is -2.00. The lowest BCUT2D eigenvalue weighted by Crippen LogP contribution is -1.94. The number of para-hydroxylation sites is 2. The summed E-state index contributed by atoms with van der Waals surface area (Å²) in [6.07, 6.45) is 1.65. The zero-order chi connectivity index (χ0) is 15.1. The summed E-state index contributed by atoms with van der Waals surface area (Å²) in [5.41, 5.74) is 2.52. The van der Waals surface area contributed by atoms with Gasteiger partial charge in [0, 0.05) is 18.8 Å². The molecule has 4 rings (SSSR count). The summed E-state index contributed by atoms with van der Waals surface area (Å²) in [5.74, 6) is 1.57. The van der Waals surface area contributed by atoms with Gasteiger partial charge < -0.3 is 13.4 Å². The van der Waals surface area contributed by atoms with Crippen molar-refractivity contribution in [2.45, 2.75) is 17.3 Å². The molecule has 7 heteroatoms. The van der Waals surface area contributed by atoms with E-state index in [1.807, 2.05) is 48.9 Å². The van der Waals surface area contributed by atoms with Crippen molar-refractivity contribution in [3.05, 3.63) is 42.4 Å². The molecule has 22 heavy (non-hydrogen) atoms. The number of aryl methyl sites for hydroxylation is 1. The van der Waals surface area contributed by atoms with Gasteiger partial charge in [0.2, 0.25) is 5.16 Å². The second-order valence-corrected chi connectivity index (χ2v) is 5.72.